The molecule has 0 aliphatic carbocycles. The summed E-state index contributed by atoms with van der Waals surface area (Å²) in [5.41, 5.74) is 5.98. The van der Waals surface area contributed by atoms with Crippen molar-refractivity contribution in [3.63, 3.8) is 0 Å². The molecule has 2 rings (SSSR count). The van der Waals surface area contributed by atoms with Gasteiger partial charge in [-0.25, -0.2) is 0 Å². The van der Waals surface area contributed by atoms with E-state index in [0.29, 0.717) is 0 Å². The second-order valence-corrected chi connectivity index (χ2v) is 4.03. The third-order valence-electron chi connectivity index (χ3n) is 3.00. The van der Waals surface area contributed by atoms with Gasteiger partial charge < -0.3 is 0 Å². The molecule has 0 saturated carbocycles. The lowest BCUT2D eigenvalue weighted by atomic mass is 9.92. The molecule has 84 valence electrons. The van der Waals surface area contributed by atoms with Gasteiger partial charge in [0.2, 0.25) is 0 Å². The van der Waals surface area contributed by atoms with Crippen LogP contribution in [0.3, 0.4) is 0 Å². The molecule has 0 amide bonds. The summed E-state index contributed by atoms with van der Waals surface area (Å²) in [6.45, 7) is 9.90. The maximum atomic E-state index is 3.92. The van der Waals surface area contributed by atoms with Crippen LogP contribution < -0.4 is 0 Å². The number of hydrogen-bond donors (Lipinski definition) is 0. The average Bonchev–Trinajstić information content (AvgIpc) is 2.39. The summed E-state index contributed by atoms with van der Waals surface area (Å²) in [5, 5.41) is 0. The third-order valence-corrected chi connectivity index (χ3v) is 3.00. The maximum absolute atomic E-state index is 3.92. The lowest BCUT2D eigenvalue weighted by Crippen LogP contribution is -1.90. The Balaban J connectivity index is 2.71. The van der Waals surface area contributed by atoms with Gasteiger partial charge in [-0.05, 0) is 34.7 Å². The van der Waals surface area contributed by atoms with Gasteiger partial charge in [-0.3, -0.25) is 0 Å². The zero-order valence-corrected chi connectivity index (χ0v) is 10.1. The quantitative estimate of drug-likeness (QED) is 0.686. The first-order chi connectivity index (χ1) is 8.27. The fraction of sp³-hybridized carbons (Fsp3) is 0.0588. The van der Waals surface area contributed by atoms with Crippen molar-refractivity contribution >= 4 is 12.2 Å². The molecule has 0 fully saturated rings. The molecule has 0 heterocycles. The Morgan fingerprint density at radius 2 is 1.47 bits per heavy atom. The van der Waals surface area contributed by atoms with Crippen molar-refractivity contribution < 1.29 is 0 Å². The van der Waals surface area contributed by atoms with E-state index in [1.54, 1.807) is 0 Å². The Kier molecular flexibility index (Phi) is 3.24. The summed E-state index contributed by atoms with van der Waals surface area (Å²) in [6.07, 6.45) is 3.81. The molecule has 0 aliphatic heterocycles. The molecule has 0 aromatic heterocycles. The van der Waals surface area contributed by atoms with E-state index in [9.17, 15) is 0 Å². The average molecular weight is 220 g/mol. The van der Waals surface area contributed by atoms with Crippen molar-refractivity contribution in [2.24, 2.45) is 0 Å². The molecule has 0 nitrogen and oxygen atoms in total. The van der Waals surface area contributed by atoms with E-state index in [0.717, 1.165) is 5.56 Å². The third kappa shape index (κ3) is 2.07. The van der Waals surface area contributed by atoms with Crippen molar-refractivity contribution in [2.75, 3.05) is 0 Å². The molecule has 0 bridgehead atoms. The van der Waals surface area contributed by atoms with Crippen LogP contribution in [0.4, 0.5) is 0 Å². The molecular weight excluding hydrogens is 204 g/mol. The van der Waals surface area contributed by atoms with Crippen molar-refractivity contribution in [3.8, 4) is 11.1 Å². The van der Waals surface area contributed by atoms with E-state index in [4.69, 9.17) is 0 Å². The Hall–Kier alpha value is -2.08. The van der Waals surface area contributed by atoms with Crippen molar-refractivity contribution in [1.29, 1.82) is 0 Å². The van der Waals surface area contributed by atoms with Crippen LogP contribution >= 0.6 is 0 Å². The predicted molar refractivity (Wildman–Crippen MR) is 76.8 cm³/mol. The number of rotatable bonds is 3. The van der Waals surface area contributed by atoms with Crippen molar-refractivity contribution in [3.05, 3.63) is 72.3 Å². The van der Waals surface area contributed by atoms with E-state index >= 15 is 0 Å². The fourth-order valence-corrected chi connectivity index (χ4v) is 2.11. The molecule has 0 N–H and O–H groups in total. The first kappa shape index (κ1) is 11.4. The zero-order chi connectivity index (χ0) is 12.3. The van der Waals surface area contributed by atoms with Crippen LogP contribution in [0.5, 0.6) is 0 Å². The number of hydrogen-bond acceptors (Lipinski definition) is 0. The minimum atomic E-state index is 1.16. The van der Waals surface area contributed by atoms with Crippen molar-refractivity contribution in [2.45, 2.75) is 6.92 Å². The number of aryl methyl sites for hydroxylation is 1. The molecule has 0 saturated heterocycles. The highest BCUT2D eigenvalue weighted by Gasteiger charge is 2.07. The second kappa shape index (κ2) is 4.84. The molecular formula is C17H16. The van der Waals surface area contributed by atoms with Gasteiger partial charge >= 0.3 is 0 Å². The fourth-order valence-electron chi connectivity index (χ4n) is 2.11. The maximum Gasteiger partial charge on any atom is -0.0105 e. The minimum absolute atomic E-state index is 1.16. The predicted octanol–water partition coefficient (Wildman–Crippen LogP) is 4.95. The largest absolute Gasteiger partial charge is 0.0984 e. The highest BCUT2D eigenvalue weighted by atomic mass is 14.1. The van der Waals surface area contributed by atoms with Gasteiger partial charge in [0.1, 0.15) is 0 Å². The summed E-state index contributed by atoms with van der Waals surface area (Å²) in [6, 6.07) is 14.6. The van der Waals surface area contributed by atoms with E-state index in [-0.39, 0.29) is 0 Å². The van der Waals surface area contributed by atoms with Crippen LogP contribution in [-0.2, 0) is 0 Å². The topological polar surface area (TPSA) is 0 Å². The van der Waals surface area contributed by atoms with Crippen LogP contribution in [0.1, 0.15) is 16.7 Å². The lowest BCUT2D eigenvalue weighted by molar-refractivity contribution is 1.42. The van der Waals surface area contributed by atoms with Gasteiger partial charge in [0.05, 0.1) is 0 Å². The van der Waals surface area contributed by atoms with E-state index in [1.165, 1.54) is 22.3 Å². The lowest BCUT2D eigenvalue weighted by Gasteiger charge is -2.12. The van der Waals surface area contributed by atoms with E-state index in [2.05, 4.69) is 56.5 Å². The van der Waals surface area contributed by atoms with Crippen LogP contribution in [0.15, 0.2) is 55.6 Å². The van der Waals surface area contributed by atoms with Gasteiger partial charge in [-0.1, -0.05) is 67.8 Å². The molecule has 17 heavy (non-hydrogen) atoms. The van der Waals surface area contributed by atoms with Crippen LogP contribution in [0.2, 0.25) is 0 Å². The van der Waals surface area contributed by atoms with Crippen LogP contribution in [0.25, 0.3) is 23.3 Å². The first-order valence-corrected chi connectivity index (χ1v) is 5.72. The molecule has 0 unspecified atom stereocenters. The zero-order valence-electron chi connectivity index (χ0n) is 10.1. The minimum Gasteiger partial charge on any atom is -0.0984 e. The monoisotopic (exact) mass is 220 g/mol. The van der Waals surface area contributed by atoms with Gasteiger partial charge in [0.15, 0.2) is 0 Å². The van der Waals surface area contributed by atoms with E-state index < -0.39 is 0 Å². The Morgan fingerprint density at radius 1 is 0.824 bits per heavy atom. The molecule has 0 spiro atoms. The molecule has 0 atom stereocenters. The molecule has 0 heteroatoms. The first-order valence-electron chi connectivity index (χ1n) is 5.72. The molecule has 0 radical (unpaired) electrons. The van der Waals surface area contributed by atoms with Crippen molar-refractivity contribution in [1.82, 2.24) is 0 Å². The summed E-state index contributed by atoms with van der Waals surface area (Å²) < 4.78 is 0. The normalized spacial score (nSPS) is 9.94. The Labute approximate surface area is 103 Å². The second-order valence-electron chi connectivity index (χ2n) is 4.03. The summed E-state index contributed by atoms with van der Waals surface area (Å²) in [4.78, 5) is 0. The SMILES string of the molecule is C=Cc1c(C)ccc(-c2ccccc2)c1C=C. The van der Waals surface area contributed by atoms with Gasteiger partial charge in [-0.15, -0.1) is 0 Å². The standard InChI is InChI=1S/C17H16/c1-4-15-13(3)11-12-17(16(15)5-2)14-9-7-6-8-10-14/h4-12H,1-2H2,3H3. The van der Waals surface area contributed by atoms with Gasteiger partial charge in [-0.2, -0.15) is 0 Å². The molecule has 0 aliphatic rings. The summed E-state index contributed by atoms with van der Waals surface area (Å²) in [5.74, 6) is 0. The summed E-state index contributed by atoms with van der Waals surface area (Å²) in [7, 11) is 0. The number of benzene rings is 2. The molecule has 2 aromatic carbocycles. The van der Waals surface area contributed by atoms with Crippen LogP contribution in [0, 0.1) is 6.92 Å². The van der Waals surface area contributed by atoms with Gasteiger partial charge in [0.25, 0.3) is 0 Å². The Bertz CT molecular complexity index is 548. The Morgan fingerprint density at radius 3 is 2.06 bits per heavy atom. The summed E-state index contributed by atoms with van der Waals surface area (Å²) >= 11 is 0. The molecule has 2 aromatic rings. The highest BCUT2D eigenvalue weighted by molar-refractivity contribution is 5.81. The van der Waals surface area contributed by atoms with E-state index in [1.807, 2.05) is 18.2 Å². The van der Waals surface area contributed by atoms with Crippen LogP contribution in [-0.4, -0.2) is 0 Å². The highest BCUT2D eigenvalue weighted by Crippen LogP contribution is 2.29. The smallest absolute Gasteiger partial charge is 0.0105 e. The van der Waals surface area contributed by atoms with Gasteiger partial charge in [0, 0.05) is 0 Å².